The Balaban J connectivity index is 1.86. The van der Waals surface area contributed by atoms with Gasteiger partial charge in [0.05, 0.1) is 0 Å². The van der Waals surface area contributed by atoms with Crippen molar-refractivity contribution in [2.75, 3.05) is 0 Å². The molecule has 0 radical (unpaired) electrons. The van der Waals surface area contributed by atoms with Crippen molar-refractivity contribution in [3.8, 4) is 0 Å². The van der Waals surface area contributed by atoms with Crippen LogP contribution in [0.15, 0.2) is 30.3 Å². The molecule has 1 aliphatic rings. The van der Waals surface area contributed by atoms with Crippen LogP contribution in [0, 0.1) is 5.92 Å². The zero-order chi connectivity index (χ0) is 11.4. The van der Waals surface area contributed by atoms with Crippen LogP contribution in [0.2, 0.25) is 0 Å². The summed E-state index contributed by atoms with van der Waals surface area (Å²) in [6.45, 7) is 4.64. The lowest BCUT2D eigenvalue weighted by molar-refractivity contribution is 0.292. The molecule has 1 heteroatoms. The molecule has 1 N–H and O–H groups in total. The third kappa shape index (κ3) is 3.08. The maximum Gasteiger partial charge on any atom is 0.0294 e. The Kier molecular flexibility index (Phi) is 4.00. The average molecular weight is 217 g/mol. The molecule has 1 aliphatic carbocycles. The summed E-state index contributed by atoms with van der Waals surface area (Å²) in [7, 11) is 0. The van der Waals surface area contributed by atoms with E-state index >= 15 is 0 Å². The van der Waals surface area contributed by atoms with Gasteiger partial charge in [-0.25, -0.2) is 0 Å². The van der Waals surface area contributed by atoms with Crippen LogP contribution in [-0.4, -0.2) is 6.04 Å². The fourth-order valence-corrected chi connectivity index (χ4v) is 2.62. The molecule has 1 atom stereocenters. The summed E-state index contributed by atoms with van der Waals surface area (Å²) >= 11 is 0. The van der Waals surface area contributed by atoms with Crippen LogP contribution in [0.3, 0.4) is 0 Å². The van der Waals surface area contributed by atoms with E-state index in [0.717, 1.165) is 12.0 Å². The topological polar surface area (TPSA) is 12.0 Å². The molecule has 1 aromatic carbocycles. The molecule has 0 aromatic heterocycles. The van der Waals surface area contributed by atoms with E-state index in [9.17, 15) is 0 Å². The molecular formula is C15H23N. The Morgan fingerprint density at radius 3 is 2.31 bits per heavy atom. The summed E-state index contributed by atoms with van der Waals surface area (Å²) in [4.78, 5) is 0. The van der Waals surface area contributed by atoms with Gasteiger partial charge in [0.15, 0.2) is 0 Å². The van der Waals surface area contributed by atoms with Crippen molar-refractivity contribution in [2.24, 2.45) is 5.92 Å². The van der Waals surface area contributed by atoms with E-state index in [2.05, 4.69) is 49.5 Å². The monoisotopic (exact) mass is 217 g/mol. The fourth-order valence-electron chi connectivity index (χ4n) is 2.62. The molecule has 0 amide bonds. The third-order valence-corrected chi connectivity index (χ3v) is 3.80. The minimum Gasteiger partial charge on any atom is -0.307 e. The van der Waals surface area contributed by atoms with E-state index in [0.29, 0.717) is 6.04 Å². The highest BCUT2D eigenvalue weighted by Crippen LogP contribution is 2.25. The van der Waals surface area contributed by atoms with Crippen LogP contribution in [0.5, 0.6) is 0 Å². The molecule has 1 fully saturated rings. The van der Waals surface area contributed by atoms with Crippen molar-refractivity contribution in [1.29, 1.82) is 0 Å². The standard InChI is InChI=1S/C15H23N/c1-12-8-10-15(11-9-12)16-13(2)14-6-4-3-5-7-14/h3-7,12-13,15-16H,8-11H2,1-2H3. The second kappa shape index (κ2) is 5.49. The van der Waals surface area contributed by atoms with E-state index in [1.54, 1.807) is 0 Å². The maximum absolute atomic E-state index is 3.76. The Morgan fingerprint density at radius 1 is 1.06 bits per heavy atom. The van der Waals surface area contributed by atoms with E-state index < -0.39 is 0 Å². The smallest absolute Gasteiger partial charge is 0.0294 e. The molecular weight excluding hydrogens is 194 g/mol. The fraction of sp³-hybridized carbons (Fsp3) is 0.600. The number of rotatable bonds is 3. The Labute approximate surface area is 99.3 Å². The zero-order valence-electron chi connectivity index (χ0n) is 10.4. The van der Waals surface area contributed by atoms with Gasteiger partial charge in [-0.3, -0.25) is 0 Å². The largest absolute Gasteiger partial charge is 0.307 e. The predicted octanol–water partition coefficient (Wildman–Crippen LogP) is 3.92. The lowest BCUT2D eigenvalue weighted by atomic mass is 9.87. The van der Waals surface area contributed by atoms with Gasteiger partial charge in [0.25, 0.3) is 0 Å². The number of hydrogen-bond acceptors (Lipinski definition) is 1. The van der Waals surface area contributed by atoms with E-state index in [4.69, 9.17) is 0 Å². The highest BCUT2D eigenvalue weighted by atomic mass is 14.9. The molecule has 88 valence electrons. The predicted molar refractivity (Wildman–Crippen MR) is 69.4 cm³/mol. The summed E-state index contributed by atoms with van der Waals surface area (Å²) < 4.78 is 0. The van der Waals surface area contributed by atoms with Crippen LogP contribution in [0.4, 0.5) is 0 Å². The molecule has 0 saturated heterocycles. The van der Waals surface area contributed by atoms with Gasteiger partial charge in [0, 0.05) is 12.1 Å². The lowest BCUT2D eigenvalue weighted by Gasteiger charge is -2.29. The first kappa shape index (κ1) is 11.7. The normalized spacial score (nSPS) is 27.6. The van der Waals surface area contributed by atoms with Gasteiger partial charge in [0.1, 0.15) is 0 Å². The number of benzene rings is 1. The molecule has 0 heterocycles. The highest BCUT2D eigenvalue weighted by Gasteiger charge is 2.19. The van der Waals surface area contributed by atoms with Crippen molar-refractivity contribution in [3.05, 3.63) is 35.9 Å². The molecule has 16 heavy (non-hydrogen) atoms. The van der Waals surface area contributed by atoms with E-state index in [-0.39, 0.29) is 0 Å². The third-order valence-electron chi connectivity index (χ3n) is 3.80. The van der Waals surface area contributed by atoms with Gasteiger partial charge < -0.3 is 5.32 Å². The van der Waals surface area contributed by atoms with Crippen molar-refractivity contribution in [3.63, 3.8) is 0 Å². The first-order valence-corrected chi connectivity index (χ1v) is 6.56. The molecule has 1 aromatic rings. The van der Waals surface area contributed by atoms with Gasteiger partial charge in [-0.05, 0) is 44.1 Å². The van der Waals surface area contributed by atoms with Crippen LogP contribution in [0.1, 0.15) is 51.1 Å². The maximum atomic E-state index is 3.76. The van der Waals surface area contributed by atoms with Gasteiger partial charge >= 0.3 is 0 Å². The van der Waals surface area contributed by atoms with E-state index in [1.165, 1.54) is 31.2 Å². The quantitative estimate of drug-likeness (QED) is 0.809. The molecule has 0 spiro atoms. The average Bonchev–Trinajstić information content (AvgIpc) is 2.33. The molecule has 0 bridgehead atoms. The lowest BCUT2D eigenvalue weighted by Crippen LogP contribution is -2.34. The van der Waals surface area contributed by atoms with Gasteiger partial charge in [0.2, 0.25) is 0 Å². The molecule has 0 aliphatic heterocycles. The summed E-state index contributed by atoms with van der Waals surface area (Å²) in [6, 6.07) is 12.0. The SMILES string of the molecule is CC1CCC(NC(C)c2ccccc2)CC1. The van der Waals surface area contributed by atoms with Crippen molar-refractivity contribution in [1.82, 2.24) is 5.32 Å². The van der Waals surface area contributed by atoms with Crippen LogP contribution in [0.25, 0.3) is 0 Å². The minimum atomic E-state index is 0.486. The van der Waals surface area contributed by atoms with Crippen LogP contribution >= 0.6 is 0 Å². The Bertz CT molecular complexity index is 298. The van der Waals surface area contributed by atoms with Gasteiger partial charge in [-0.1, -0.05) is 37.3 Å². The molecule has 1 unspecified atom stereocenters. The summed E-state index contributed by atoms with van der Waals surface area (Å²) in [5, 5.41) is 3.76. The Hall–Kier alpha value is -0.820. The Morgan fingerprint density at radius 2 is 1.69 bits per heavy atom. The summed E-state index contributed by atoms with van der Waals surface area (Å²) in [5.74, 6) is 0.935. The van der Waals surface area contributed by atoms with Gasteiger partial charge in [-0.15, -0.1) is 0 Å². The van der Waals surface area contributed by atoms with Crippen LogP contribution in [-0.2, 0) is 0 Å². The minimum absolute atomic E-state index is 0.486. The van der Waals surface area contributed by atoms with Crippen molar-refractivity contribution >= 4 is 0 Å². The van der Waals surface area contributed by atoms with Crippen LogP contribution < -0.4 is 5.32 Å². The number of hydrogen-bond donors (Lipinski definition) is 1. The first-order chi connectivity index (χ1) is 7.75. The van der Waals surface area contributed by atoms with E-state index in [1.807, 2.05) is 0 Å². The first-order valence-electron chi connectivity index (χ1n) is 6.56. The molecule has 1 saturated carbocycles. The van der Waals surface area contributed by atoms with Crippen molar-refractivity contribution < 1.29 is 0 Å². The second-order valence-corrected chi connectivity index (χ2v) is 5.26. The summed E-state index contributed by atoms with van der Waals surface area (Å²) in [5.41, 5.74) is 1.40. The zero-order valence-corrected chi connectivity index (χ0v) is 10.4. The van der Waals surface area contributed by atoms with Gasteiger partial charge in [-0.2, -0.15) is 0 Å². The highest BCUT2D eigenvalue weighted by molar-refractivity contribution is 5.18. The number of nitrogens with one attached hydrogen (secondary N) is 1. The molecule has 2 rings (SSSR count). The summed E-state index contributed by atoms with van der Waals surface area (Å²) in [6.07, 6.45) is 5.47. The second-order valence-electron chi connectivity index (χ2n) is 5.26. The van der Waals surface area contributed by atoms with Crippen molar-refractivity contribution in [2.45, 2.75) is 51.6 Å². The molecule has 1 nitrogen and oxygen atoms in total.